The lowest BCUT2D eigenvalue weighted by Crippen LogP contribution is -2.11. The largest absolute Gasteiger partial charge is 0.466 e. The standard InChI is InChI=1S/C8H22O2Si2/c1-3-4-6-9-7-5-8-12(2)10-11/h12H,3-8H2,1-2,11H3. The summed E-state index contributed by atoms with van der Waals surface area (Å²) in [5.74, 6) is 0. The molecule has 0 bridgehead atoms. The van der Waals surface area contributed by atoms with Gasteiger partial charge in [0.15, 0.2) is 9.04 Å². The average molecular weight is 206 g/mol. The van der Waals surface area contributed by atoms with Crippen molar-refractivity contribution in [1.82, 2.24) is 0 Å². The summed E-state index contributed by atoms with van der Waals surface area (Å²) in [5.41, 5.74) is 0. The topological polar surface area (TPSA) is 18.5 Å². The zero-order valence-corrected chi connectivity index (χ0v) is 11.8. The van der Waals surface area contributed by atoms with E-state index < -0.39 is 9.04 Å². The molecule has 0 spiro atoms. The molecule has 0 aliphatic carbocycles. The van der Waals surface area contributed by atoms with E-state index in [1.54, 1.807) is 0 Å². The summed E-state index contributed by atoms with van der Waals surface area (Å²) < 4.78 is 10.8. The molecule has 0 heterocycles. The van der Waals surface area contributed by atoms with Crippen LogP contribution < -0.4 is 0 Å². The van der Waals surface area contributed by atoms with Gasteiger partial charge in [0, 0.05) is 13.2 Å². The number of rotatable bonds is 8. The lowest BCUT2D eigenvalue weighted by atomic mass is 10.4. The molecule has 4 heteroatoms. The second kappa shape index (κ2) is 9.44. The lowest BCUT2D eigenvalue weighted by molar-refractivity contribution is 0.131. The number of unbranched alkanes of at least 4 members (excludes halogenated alkanes) is 1. The molecule has 0 saturated carbocycles. The predicted octanol–water partition coefficient (Wildman–Crippen LogP) is 0.844. The molecule has 1 atom stereocenters. The Morgan fingerprint density at radius 2 is 1.92 bits per heavy atom. The van der Waals surface area contributed by atoms with Crippen LogP contribution in [0.4, 0.5) is 0 Å². The first kappa shape index (κ1) is 12.4. The van der Waals surface area contributed by atoms with Crippen molar-refractivity contribution in [1.29, 1.82) is 0 Å². The van der Waals surface area contributed by atoms with Crippen molar-refractivity contribution in [2.45, 2.75) is 38.8 Å². The fourth-order valence-electron chi connectivity index (χ4n) is 0.939. The minimum absolute atomic E-state index is 0.758. The van der Waals surface area contributed by atoms with E-state index in [9.17, 15) is 0 Å². The normalized spacial score (nSPS) is 13.5. The van der Waals surface area contributed by atoms with Crippen molar-refractivity contribution in [3.05, 3.63) is 0 Å². The number of hydrogen-bond donors (Lipinski definition) is 0. The average Bonchev–Trinajstić information content (AvgIpc) is 2.10. The molecule has 0 aromatic heterocycles. The molecule has 0 N–H and O–H groups in total. The van der Waals surface area contributed by atoms with Gasteiger partial charge in [0.25, 0.3) is 0 Å². The molecule has 74 valence electrons. The van der Waals surface area contributed by atoms with E-state index in [1.165, 1.54) is 25.3 Å². The maximum absolute atomic E-state index is 5.45. The van der Waals surface area contributed by atoms with Crippen LogP contribution in [0.1, 0.15) is 26.2 Å². The van der Waals surface area contributed by atoms with Crippen LogP contribution in [-0.4, -0.2) is 32.7 Å². The van der Waals surface area contributed by atoms with E-state index in [2.05, 4.69) is 13.5 Å². The minimum atomic E-state index is -0.758. The van der Waals surface area contributed by atoms with Gasteiger partial charge < -0.3 is 8.85 Å². The molecule has 0 aliphatic heterocycles. The number of ether oxygens (including phenoxy) is 1. The molecule has 0 rings (SSSR count). The van der Waals surface area contributed by atoms with Gasteiger partial charge in [-0.2, -0.15) is 0 Å². The summed E-state index contributed by atoms with van der Waals surface area (Å²) in [5, 5.41) is 0. The van der Waals surface area contributed by atoms with Gasteiger partial charge in [0.2, 0.25) is 0 Å². The molecule has 0 fully saturated rings. The van der Waals surface area contributed by atoms with E-state index in [4.69, 9.17) is 8.85 Å². The molecule has 0 saturated heterocycles. The molecular weight excluding hydrogens is 184 g/mol. The Kier molecular flexibility index (Phi) is 9.72. The van der Waals surface area contributed by atoms with Crippen molar-refractivity contribution >= 4 is 19.5 Å². The molecule has 0 aromatic rings. The summed E-state index contributed by atoms with van der Waals surface area (Å²) in [4.78, 5) is 0. The highest BCUT2D eigenvalue weighted by Gasteiger charge is 1.99. The first-order valence-electron chi connectivity index (χ1n) is 4.91. The quantitative estimate of drug-likeness (QED) is 0.433. The van der Waals surface area contributed by atoms with Crippen LogP contribution in [0.2, 0.25) is 12.6 Å². The molecule has 0 amide bonds. The summed E-state index contributed by atoms with van der Waals surface area (Å²) in [6, 6.07) is 1.27. The van der Waals surface area contributed by atoms with Crippen LogP contribution in [0.3, 0.4) is 0 Å². The van der Waals surface area contributed by atoms with Crippen molar-refractivity contribution in [3.8, 4) is 0 Å². The van der Waals surface area contributed by atoms with Crippen molar-refractivity contribution < 1.29 is 8.85 Å². The molecule has 0 aliphatic rings. The molecular formula is C8H22O2Si2. The van der Waals surface area contributed by atoms with Gasteiger partial charge in [-0.05, 0) is 25.4 Å². The van der Waals surface area contributed by atoms with Gasteiger partial charge >= 0.3 is 0 Å². The summed E-state index contributed by atoms with van der Waals surface area (Å²) in [6.45, 7) is 6.32. The van der Waals surface area contributed by atoms with Crippen LogP contribution in [0, 0.1) is 0 Å². The van der Waals surface area contributed by atoms with Crippen molar-refractivity contribution in [2.75, 3.05) is 13.2 Å². The van der Waals surface area contributed by atoms with E-state index in [0.717, 1.165) is 23.7 Å². The Hall–Kier alpha value is 0.354. The third-order valence-electron chi connectivity index (χ3n) is 1.94. The fraction of sp³-hybridized carbons (Fsp3) is 1.00. The zero-order chi connectivity index (χ0) is 9.23. The predicted molar refractivity (Wildman–Crippen MR) is 59.2 cm³/mol. The maximum atomic E-state index is 5.45. The van der Waals surface area contributed by atoms with Crippen LogP contribution >= 0.6 is 0 Å². The molecule has 12 heavy (non-hydrogen) atoms. The Morgan fingerprint density at radius 1 is 1.25 bits per heavy atom. The monoisotopic (exact) mass is 206 g/mol. The van der Waals surface area contributed by atoms with E-state index >= 15 is 0 Å². The third kappa shape index (κ3) is 8.45. The van der Waals surface area contributed by atoms with Gasteiger partial charge in [0.05, 0.1) is 0 Å². The second-order valence-corrected chi connectivity index (χ2v) is 7.24. The van der Waals surface area contributed by atoms with Crippen molar-refractivity contribution in [2.24, 2.45) is 0 Å². The SMILES string of the molecule is CCCCOCCC[SiH](C)O[SiH3]. The second-order valence-electron chi connectivity index (χ2n) is 3.15. The van der Waals surface area contributed by atoms with Gasteiger partial charge in [-0.15, -0.1) is 0 Å². The molecule has 2 nitrogen and oxygen atoms in total. The first-order chi connectivity index (χ1) is 5.81. The summed E-state index contributed by atoms with van der Waals surface area (Å²) >= 11 is 0. The van der Waals surface area contributed by atoms with Crippen LogP contribution in [0.5, 0.6) is 0 Å². The minimum Gasteiger partial charge on any atom is -0.466 e. The van der Waals surface area contributed by atoms with Crippen LogP contribution in [0.15, 0.2) is 0 Å². The highest BCUT2D eigenvalue weighted by molar-refractivity contribution is 6.54. The van der Waals surface area contributed by atoms with Gasteiger partial charge in [-0.25, -0.2) is 0 Å². The van der Waals surface area contributed by atoms with Gasteiger partial charge in [-0.3, -0.25) is 0 Å². The maximum Gasteiger partial charge on any atom is 0.159 e. The highest BCUT2D eigenvalue weighted by Crippen LogP contribution is 1.98. The Bertz CT molecular complexity index is 91.1. The highest BCUT2D eigenvalue weighted by atomic mass is 28.3. The van der Waals surface area contributed by atoms with Gasteiger partial charge in [0.1, 0.15) is 10.5 Å². The van der Waals surface area contributed by atoms with Crippen LogP contribution in [-0.2, 0) is 8.85 Å². The third-order valence-corrected chi connectivity index (χ3v) is 6.38. The summed E-state index contributed by atoms with van der Waals surface area (Å²) in [6.07, 6.45) is 3.62. The molecule has 0 radical (unpaired) electrons. The van der Waals surface area contributed by atoms with E-state index in [-0.39, 0.29) is 0 Å². The van der Waals surface area contributed by atoms with E-state index in [0.29, 0.717) is 0 Å². The number of hydrogen-bond acceptors (Lipinski definition) is 2. The fourth-order valence-corrected chi connectivity index (χ4v) is 2.62. The smallest absolute Gasteiger partial charge is 0.159 e. The zero-order valence-electron chi connectivity index (χ0n) is 8.64. The van der Waals surface area contributed by atoms with E-state index in [1.807, 2.05) is 0 Å². The van der Waals surface area contributed by atoms with Crippen molar-refractivity contribution in [3.63, 3.8) is 0 Å². The Morgan fingerprint density at radius 3 is 2.50 bits per heavy atom. The van der Waals surface area contributed by atoms with Gasteiger partial charge in [-0.1, -0.05) is 13.3 Å². The molecule has 1 unspecified atom stereocenters. The van der Waals surface area contributed by atoms with Crippen LogP contribution in [0.25, 0.3) is 0 Å². The first-order valence-corrected chi connectivity index (χ1v) is 8.17. The molecule has 0 aromatic carbocycles. The summed E-state index contributed by atoms with van der Waals surface area (Å²) in [7, 11) is 0.156. The lowest BCUT2D eigenvalue weighted by Gasteiger charge is -2.07. The Labute approximate surface area is 80.9 Å². The Balaban J connectivity index is 2.90.